The fourth-order valence-corrected chi connectivity index (χ4v) is 3.56. The minimum absolute atomic E-state index is 0.0769. The second-order valence-electron chi connectivity index (χ2n) is 5.73. The molecule has 0 amide bonds. The van der Waals surface area contributed by atoms with Crippen molar-refractivity contribution in [3.63, 3.8) is 0 Å². The number of rotatable bonds is 4. The molecule has 0 bridgehead atoms. The summed E-state index contributed by atoms with van der Waals surface area (Å²) >= 11 is 3.68. The molecule has 1 saturated heterocycles. The summed E-state index contributed by atoms with van der Waals surface area (Å²) in [6.07, 6.45) is 1.35. The first kappa shape index (κ1) is 16.0. The maximum atomic E-state index is 6.33. The van der Waals surface area contributed by atoms with Gasteiger partial charge in [0.15, 0.2) is 0 Å². The lowest BCUT2D eigenvalue weighted by atomic mass is 9.95. The maximum Gasteiger partial charge on any atom is 0.0675 e. The van der Waals surface area contributed by atoms with Gasteiger partial charge in [-0.15, -0.1) is 0 Å². The highest BCUT2D eigenvalue weighted by atomic mass is 79.9. The lowest BCUT2D eigenvalue weighted by Crippen LogP contribution is -2.53. The maximum absolute atomic E-state index is 6.33. The van der Waals surface area contributed by atoms with Crippen LogP contribution in [0, 0.1) is 0 Å². The van der Waals surface area contributed by atoms with Gasteiger partial charge in [-0.2, -0.15) is 0 Å². The Bertz CT molecular complexity index is 438. The standard InChI is InChI=1S/C16H25BrN2O/c1-4-13-10-20-11(2)9-19(13)16(12(3)18)14-7-5-6-8-15(14)17/h5-8,11-13,16H,4,9-10,18H2,1-3H3. The van der Waals surface area contributed by atoms with Crippen LogP contribution in [0.3, 0.4) is 0 Å². The van der Waals surface area contributed by atoms with Crippen LogP contribution in [0.2, 0.25) is 0 Å². The quantitative estimate of drug-likeness (QED) is 0.913. The van der Waals surface area contributed by atoms with Crippen LogP contribution in [-0.2, 0) is 4.74 Å². The minimum atomic E-state index is 0.0769. The van der Waals surface area contributed by atoms with Gasteiger partial charge in [-0.25, -0.2) is 0 Å². The lowest BCUT2D eigenvalue weighted by Gasteiger charge is -2.45. The SMILES string of the molecule is CCC1COC(C)CN1C(c1ccccc1Br)C(C)N. The van der Waals surface area contributed by atoms with E-state index in [0.717, 1.165) is 24.0 Å². The molecule has 1 aromatic rings. The van der Waals surface area contributed by atoms with Gasteiger partial charge < -0.3 is 10.5 Å². The Morgan fingerprint density at radius 3 is 2.75 bits per heavy atom. The summed E-state index contributed by atoms with van der Waals surface area (Å²) in [6.45, 7) is 8.18. The largest absolute Gasteiger partial charge is 0.376 e. The molecule has 0 aliphatic carbocycles. The molecule has 4 unspecified atom stereocenters. The summed E-state index contributed by atoms with van der Waals surface area (Å²) < 4.78 is 6.95. The number of hydrogen-bond acceptors (Lipinski definition) is 3. The third-order valence-electron chi connectivity index (χ3n) is 4.06. The molecule has 0 aromatic heterocycles. The molecule has 0 saturated carbocycles. The Labute approximate surface area is 130 Å². The number of nitrogens with zero attached hydrogens (tertiary/aromatic N) is 1. The molecule has 0 spiro atoms. The van der Waals surface area contributed by atoms with E-state index in [0.29, 0.717) is 6.04 Å². The van der Waals surface area contributed by atoms with Crippen molar-refractivity contribution in [2.45, 2.75) is 51.4 Å². The summed E-state index contributed by atoms with van der Waals surface area (Å²) in [5.41, 5.74) is 7.60. The highest BCUT2D eigenvalue weighted by molar-refractivity contribution is 9.10. The second kappa shape index (κ2) is 7.03. The summed E-state index contributed by atoms with van der Waals surface area (Å²) in [4.78, 5) is 2.53. The highest BCUT2D eigenvalue weighted by Gasteiger charge is 2.34. The summed E-state index contributed by atoms with van der Waals surface area (Å²) in [6, 6.07) is 9.13. The van der Waals surface area contributed by atoms with Gasteiger partial charge in [-0.1, -0.05) is 41.1 Å². The average Bonchev–Trinajstić information content (AvgIpc) is 2.41. The van der Waals surface area contributed by atoms with Gasteiger partial charge in [0.05, 0.1) is 18.8 Å². The van der Waals surface area contributed by atoms with Crippen molar-refractivity contribution in [3.05, 3.63) is 34.3 Å². The van der Waals surface area contributed by atoms with Crippen molar-refractivity contribution in [2.24, 2.45) is 5.73 Å². The van der Waals surface area contributed by atoms with Crippen LogP contribution in [0.25, 0.3) is 0 Å². The van der Waals surface area contributed by atoms with Crippen LogP contribution in [0.4, 0.5) is 0 Å². The van der Waals surface area contributed by atoms with E-state index < -0.39 is 0 Å². The molecule has 2 rings (SSSR count). The monoisotopic (exact) mass is 340 g/mol. The van der Waals surface area contributed by atoms with Gasteiger partial charge in [-0.3, -0.25) is 4.90 Å². The van der Waals surface area contributed by atoms with Gasteiger partial charge in [0.2, 0.25) is 0 Å². The molecule has 112 valence electrons. The van der Waals surface area contributed by atoms with Gasteiger partial charge in [-0.05, 0) is 31.9 Å². The Hall–Kier alpha value is -0.420. The Morgan fingerprint density at radius 1 is 1.45 bits per heavy atom. The Kier molecular flexibility index (Phi) is 5.61. The van der Waals surface area contributed by atoms with E-state index in [-0.39, 0.29) is 18.2 Å². The topological polar surface area (TPSA) is 38.5 Å². The number of nitrogens with two attached hydrogens (primary N) is 1. The third-order valence-corrected chi connectivity index (χ3v) is 4.78. The molecule has 1 aliphatic rings. The Morgan fingerprint density at radius 2 is 2.15 bits per heavy atom. The predicted molar refractivity (Wildman–Crippen MR) is 86.7 cm³/mol. The minimum Gasteiger partial charge on any atom is -0.376 e. The molecule has 4 heteroatoms. The van der Waals surface area contributed by atoms with E-state index in [1.807, 2.05) is 6.07 Å². The number of ether oxygens (including phenoxy) is 1. The van der Waals surface area contributed by atoms with Crippen LogP contribution in [0.1, 0.15) is 38.8 Å². The van der Waals surface area contributed by atoms with Crippen molar-refractivity contribution in [1.82, 2.24) is 4.90 Å². The number of morpholine rings is 1. The van der Waals surface area contributed by atoms with Crippen molar-refractivity contribution < 1.29 is 4.74 Å². The molecular weight excluding hydrogens is 316 g/mol. The summed E-state index contributed by atoms with van der Waals surface area (Å²) in [5.74, 6) is 0. The molecule has 2 N–H and O–H groups in total. The number of hydrogen-bond donors (Lipinski definition) is 1. The molecule has 1 heterocycles. The average molecular weight is 341 g/mol. The van der Waals surface area contributed by atoms with Crippen LogP contribution < -0.4 is 5.73 Å². The van der Waals surface area contributed by atoms with Crippen molar-refractivity contribution >= 4 is 15.9 Å². The first-order chi connectivity index (χ1) is 9.54. The van der Waals surface area contributed by atoms with Crippen LogP contribution in [0.15, 0.2) is 28.7 Å². The van der Waals surface area contributed by atoms with E-state index in [4.69, 9.17) is 10.5 Å². The van der Waals surface area contributed by atoms with E-state index in [1.54, 1.807) is 0 Å². The van der Waals surface area contributed by atoms with Crippen LogP contribution in [-0.4, -0.2) is 36.2 Å². The molecule has 0 radical (unpaired) electrons. The summed E-state index contributed by atoms with van der Waals surface area (Å²) in [5, 5.41) is 0. The zero-order valence-corrected chi connectivity index (χ0v) is 14.1. The highest BCUT2D eigenvalue weighted by Crippen LogP contribution is 2.33. The molecule has 4 atom stereocenters. The summed E-state index contributed by atoms with van der Waals surface area (Å²) in [7, 11) is 0. The lowest BCUT2D eigenvalue weighted by molar-refractivity contribution is -0.0763. The third kappa shape index (κ3) is 3.42. The van der Waals surface area contributed by atoms with E-state index in [2.05, 4.69) is 59.8 Å². The fourth-order valence-electron chi connectivity index (χ4n) is 3.04. The van der Waals surface area contributed by atoms with E-state index in [1.165, 1.54) is 5.56 Å². The van der Waals surface area contributed by atoms with Gasteiger partial charge in [0.1, 0.15) is 0 Å². The molecule has 20 heavy (non-hydrogen) atoms. The number of benzene rings is 1. The second-order valence-corrected chi connectivity index (χ2v) is 6.58. The van der Waals surface area contributed by atoms with Crippen molar-refractivity contribution in [1.29, 1.82) is 0 Å². The zero-order valence-electron chi connectivity index (χ0n) is 12.6. The van der Waals surface area contributed by atoms with Gasteiger partial charge in [0.25, 0.3) is 0 Å². The van der Waals surface area contributed by atoms with Gasteiger partial charge in [0, 0.05) is 23.1 Å². The first-order valence-corrected chi connectivity index (χ1v) is 8.21. The van der Waals surface area contributed by atoms with Crippen LogP contribution in [0.5, 0.6) is 0 Å². The fraction of sp³-hybridized carbons (Fsp3) is 0.625. The smallest absolute Gasteiger partial charge is 0.0675 e. The van der Waals surface area contributed by atoms with E-state index in [9.17, 15) is 0 Å². The zero-order chi connectivity index (χ0) is 14.7. The Balaban J connectivity index is 2.34. The van der Waals surface area contributed by atoms with Crippen LogP contribution >= 0.6 is 15.9 Å². The molecular formula is C16H25BrN2O. The van der Waals surface area contributed by atoms with E-state index >= 15 is 0 Å². The normalized spacial score (nSPS) is 27.2. The van der Waals surface area contributed by atoms with Gasteiger partial charge >= 0.3 is 0 Å². The molecule has 1 fully saturated rings. The van der Waals surface area contributed by atoms with Crippen molar-refractivity contribution in [3.8, 4) is 0 Å². The molecule has 1 aliphatic heterocycles. The number of halogens is 1. The van der Waals surface area contributed by atoms with Crippen molar-refractivity contribution in [2.75, 3.05) is 13.2 Å². The first-order valence-electron chi connectivity index (χ1n) is 7.42. The molecule has 3 nitrogen and oxygen atoms in total. The predicted octanol–water partition coefficient (Wildman–Crippen LogP) is 3.34. The molecule has 1 aromatic carbocycles.